The highest BCUT2D eigenvalue weighted by Gasteiger charge is 2.24. The van der Waals surface area contributed by atoms with Crippen molar-refractivity contribution in [3.63, 3.8) is 0 Å². The summed E-state index contributed by atoms with van der Waals surface area (Å²) in [5.74, 6) is -1.52. The van der Waals surface area contributed by atoms with Crippen LogP contribution in [0.15, 0.2) is 47.6 Å². The van der Waals surface area contributed by atoms with E-state index in [4.69, 9.17) is 0 Å². The Morgan fingerprint density at radius 2 is 1.92 bits per heavy atom. The van der Waals surface area contributed by atoms with Crippen molar-refractivity contribution in [2.75, 3.05) is 5.32 Å². The summed E-state index contributed by atoms with van der Waals surface area (Å²) >= 11 is 0. The van der Waals surface area contributed by atoms with E-state index in [2.05, 4.69) is 15.0 Å². The van der Waals surface area contributed by atoms with Gasteiger partial charge in [-0.15, -0.1) is 0 Å². The molecule has 3 rings (SSSR count). The summed E-state index contributed by atoms with van der Waals surface area (Å²) in [5.41, 5.74) is 0.0610. The van der Waals surface area contributed by atoms with E-state index in [1.807, 2.05) is 0 Å². The van der Waals surface area contributed by atoms with Gasteiger partial charge in [0.05, 0.1) is 22.3 Å². The van der Waals surface area contributed by atoms with Crippen LogP contribution < -0.4 is 10.0 Å². The monoisotopic (exact) mass is 377 g/mol. The first-order chi connectivity index (χ1) is 12.5. The van der Waals surface area contributed by atoms with Gasteiger partial charge in [-0.05, 0) is 43.2 Å². The minimum atomic E-state index is -3.81. The Hall–Kier alpha value is -2.32. The van der Waals surface area contributed by atoms with Gasteiger partial charge in [-0.3, -0.25) is 9.78 Å². The number of carbonyl (C=O) groups excluding carboxylic acids is 1. The van der Waals surface area contributed by atoms with E-state index in [1.54, 1.807) is 18.3 Å². The number of carbonyl (C=O) groups is 1. The Balaban J connectivity index is 1.81. The van der Waals surface area contributed by atoms with Crippen LogP contribution in [0.25, 0.3) is 0 Å². The topological polar surface area (TPSA) is 88.2 Å². The molecular weight excluding hydrogens is 357 g/mol. The molecule has 0 bridgehead atoms. The highest BCUT2D eigenvalue weighted by Crippen LogP contribution is 2.21. The average molecular weight is 377 g/mol. The van der Waals surface area contributed by atoms with Crippen molar-refractivity contribution in [2.45, 2.75) is 43.0 Å². The third-order valence-electron chi connectivity index (χ3n) is 4.34. The highest BCUT2D eigenvalue weighted by molar-refractivity contribution is 7.89. The summed E-state index contributed by atoms with van der Waals surface area (Å²) in [7, 11) is -3.81. The van der Waals surface area contributed by atoms with Crippen molar-refractivity contribution in [3.05, 3.63) is 54.1 Å². The molecule has 0 atom stereocenters. The van der Waals surface area contributed by atoms with E-state index < -0.39 is 21.7 Å². The largest absolute Gasteiger partial charge is 0.320 e. The van der Waals surface area contributed by atoms with Gasteiger partial charge < -0.3 is 5.32 Å². The number of nitrogens with one attached hydrogen (secondary N) is 2. The van der Waals surface area contributed by atoms with Crippen molar-refractivity contribution in [1.82, 2.24) is 9.71 Å². The molecule has 6 nitrogen and oxygen atoms in total. The van der Waals surface area contributed by atoms with Crippen LogP contribution in [0.1, 0.15) is 42.5 Å². The first-order valence-corrected chi connectivity index (χ1v) is 9.97. The summed E-state index contributed by atoms with van der Waals surface area (Å²) in [6.07, 6.45) is 7.60. The number of anilines is 1. The molecule has 1 fully saturated rings. The van der Waals surface area contributed by atoms with Crippen LogP contribution in [-0.2, 0) is 10.0 Å². The fraction of sp³-hybridized carbons (Fsp3) is 0.333. The third kappa shape index (κ3) is 4.44. The Morgan fingerprint density at radius 1 is 1.15 bits per heavy atom. The lowest BCUT2D eigenvalue weighted by atomic mass is 9.96. The fourth-order valence-electron chi connectivity index (χ4n) is 2.99. The number of nitrogens with zero attached hydrogens (tertiary/aromatic N) is 1. The normalized spacial score (nSPS) is 15.6. The highest BCUT2D eigenvalue weighted by atomic mass is 32.2. The standard InChI is InChI=1S/C18H20FN3O3S/c19-17-9-8-15(26(24,25)22-13-5-2-1-3-6-13)11-16(17)18(23)21-14-7-4-10-20-12-14/h4,7-13,22H,1-3,5-6H2,(H,21,23). The van der Waals surface area contributed by atoms with Gasteiger partial charge in [-0.1, -0.05) is 19.3 Å². The van der Waals surface area contributed by atoms with E-state index >= 15 is 0 Å². The fourth-order valence-corrected chi connectivity index (χ4v) is 4.32. The molecule has 1 amide bonds. The van der Waals surface area contributed by atoms with Crippen molar-refractivity contribution < 1.29 is 17.6 Å². The molecule has 8 heteroatoms. The number of pyridine rings is 1. The second-order valence-corrected chi connectivity index (χ2v) is 8.01. The molecule has 2 N–H and O–H groups in total. The Bertz CT molecular complexity index is 882. The second-order valence-electron chi connectivity index (χ2n) is 6.29. The molecule has 0 aliphatic heterocycles. The van der Waals surface area contributed by atoms with Crippen LogP contribution in [0, 0.1) is 5.82 Å². The predicted octanol–water partition coefficient (Wildman–Crippen LogP) is 3.08. The quantitative estimate of drug-likeness (QED) is 0.838. The van der Waals surface area contributed by atoms with Gasteiger partial charge in [0.15, 0.2) is 0 Å². The molecule has 26 heavy (non-hydrogen) atoms. The van der Waals surface area contributed by atoms with Crippen LogP contribution in [0.5, 0.6) is 0 Å². The first kappa shape index (κ1) is 18.5. The van der Waals surface area contributed by atoms with Gasteiger partial charge in [0.2, 0.25) is 10.0 Å². The Kier molecular flexibility index (Phi) is 5.63. The van der Waals surface area contributed by atoms with Gasteiger partial charge in [0, 0.05) is 12.2 Å². The lowest BCUT2D eigenvalue weighted by Crippen LogP contribution is -2.36. The zero-order valence-corrected chi connectivity index (χ0v) is 14.9. The third-order valence-corrected chi connectivity index (χ3v) is 5.86. The summed E-state index contributed by atoms with van der Waals surface area (Å²) < 4.78 is 41.9. The van der Waals surface area contributed by atoms with Crippen molar-refractivity contribution >= 4 is 21.6 Å². The van der Waals surface area contributed by atoms with Crippen LogP contribution in [0.3, 0.4) is 0 Å². The van der Waals surface area contributed by atoms with Crippen molar-refractivity contribution in [1.29, 1.82) is 0 Å². The molecule has 0 saturated heterocycles. The summed E-state index contributed by atoms with van der Waals surface area (Å²) in [6, 6.07) is 6.34. The maximum atomic E-state index is 14.1. The lowest BCUT2D eigenvalue weighted by molar-refractivity contribution is 0.102. The van der Waals surface area contributed by atoms with Crippen LogP contribution in [-0.4, -0.2) is 25.4 Å². The molecule has 2 aromatic rings. The summed E-state index contributed by atoms with van der Waals surface area (Å²) in [6.45, 7) is 0. The van der Waals surface area contributed by atoms with Gasteiger partial charge in [0.1, 0.15) is 5.82 Å². The zero-order valence-electron chi connectivity index (χ0n) is 14.1. The second kappa shape index (κ2) is 7.92. The molecule has 1 aromatic carbocycles. The summed E-state index contributed by atoms with van der Waals surface area (Å²) in [5, 5.41) is 2.50. The van der Waals surface area contributed by atoms with Crippen molar-refractivity contribution in [3.8, 4) is 0 Å². The van der Waals surface area contributed by atoms with E-state index in [-0.39, 0.29) is 16.5 Å². The number of benzene rings is 1. The SMILES string of the molecule is O=C(Nc1cccnc1)c1cc(S(=O)(=O)NC2CCCCC2)ccc1F. The van der Waals surface area contributed by atoms with Gasteiger partial charge >= 0.3 is 0 Å². The average Bonchev–Trinajstić information content (AvgIpc) is 2.63. The van der Waals surface area contributed by atoms with Crippen LogP contribution in [0.2, 0.25) is 0 Å². The van der Waals surface area contributed by atoms with E-state index in [9.17, 15) is 17.6 Å². The van der Waals surface area contributed by atoms with E-state index in [0.717, 1.165) is 44.2 Å². The number of hydrogen-bond donors (Lipinski definition) is 2. The number of hydrogen-bond acceptors (Lipinski definition) is 4. The molecule has 1 aromatic heterocycles. The van der Waals surface area contributed by atoms with Gasteiger partial charge in [0.25, 0.3) is 5.91 Å². The molecule has 0 radical (unpaired) electrons. The Labute approximate surface area is 151 Å². The summed E-state index contributed by atoms with van der Waals surface area (Å²) in [4.78, 5) is 16.0. The van der Waals surface area contributed by atoms with Crippen LogP contribution in [0.4, 0.5) is 10.1 Å². The van der Waals surface area contributed by atoms with Crippen LogP contribution >= 0.6 is 0 Å². The first-order valence-electron chi connectivity index (χ1n) is 8.49. The number of aromatic nitrogens is 1. The van der Waals surface area contributed by atoms with Gasteiger partial charge in [-0.25, -0.2) is 17.5 Å². The van der Waals surface area contributed by atoms with Gasteiger partial charge in [-0.2, -0.15) is 0 Å². The minimum Gasteiger partial charge on any atom is -0.320 e. The smallest absolute Gasteiger partial charge is 0.258 e. The molecular formula is C18H20FN3O3S. The Morgan fingerprint density at radius 3 is 2.62 bits per heavy atom. The number of amides is 1. The maximum Gasteiger partial charge on any atom is 0.258 e. The minimum absolute atomic E-state index is 0.119. The molecule has 0 spiro atoms. The molecule has 138 valence electrons. The number of rotatable bonds is 5. The van der Waals surface area contributed by atoms with Crippen molar-refractivity contribution in [2.24, 2.45) is 0 Å². The molecule has 1 aliphatic carbocycles. The van der Waals surface area contributed by atoms with E-state index in [1.165, 1.54) is 12.3 Å². The molecule has 1 aliphatic rings. The van der Waals surface area contributed by atoms with E-state index in [0.29, 0.717) is 5.69 Å². The predicted molar refractivity (Wildman–Crippen MR) is 95.8 cm³/mol. The molecule has 0 unspecified atom stereocenters. The molecule has 1 heterocycles. The lowest BCUT2D eigenvalue weighted by Gasteiger charge is -2.22. The zero-order chi connectivity index (χ0) is 18.6. The maximum absolute atomic E-state index is 14.1. The molecule has 1 saturated carbocycles. The number of halogens is 1. The number of sulfonamides is 1.